The summed E-state index contributed by atoms with van der Waals surface area (Å²) in [5.74, 6) is 1.30. The SMILES string of the molecule is COc1ccc(C(=O)Nc2sc3c(c2-c2nc4ccccc4s2)CCC(C)C3)cc1. The molecule has 2 heterocycles. The molecule has 0 radical (unpaired) electrons. The number of benzene rings is 2. The number of para-hydroxylation sites is 1. The summed E-state index contributed by atoms with van der Waals surface area (Å²) in [6, 6.07) is 15.4. The number of amides is 1. The van der Waals surface area contributed by atoms with Gasteiger partial charge in [0, 0.05) is 16.0 Å². The van der Waals surface area contributed by atoms with Crippen molar-refractivity contribution in [1.29, 1.82) is 0 Å². The van der Waals surface area contributed by atoms with Crippen LogP contribution in [0, 0.1) is 5.92 Å². The van der Waals surface area contributed by atoms with Crippen molar-refractivity contribution in [3.05, 3.63) is 64.5 Å². The first kappa shape index (κ1) is 19.3. The number of nitrogens with zero attached hydrogens (tertiary/aromatic N) is 1. The lowest BCUT2D eigenvalue weighted by molar-refractivity contribution is 0.102. The largest absolute Gasteiger partial charge is 0.497 e. The highest BCUT2D eigenvalue weighted by Gasteiger charge is 2.27. The third-order valence-corrected chi connectivity index (χ3v) is 7.82. The van der Waals surface area contributed by atoms with Crippen molar-refractivity contribution in [2.45, 2.75) is 26.2 Å². The van der Waals surface area contributed by atoms with Crippen LogP contribution in [0.5, 0.6) is 5.75 Å². The van der Waals surface area contributed by atoms with Crippen LogP contribution in [0.25, 0.3) is 20.8 Å². The minimum Gasteiger partial charge on any atom is -0.497 e. The molecule has 1 atom stereocenters. The first-order valence-corrected chi connectivity index (χ1v) is 11.7. The normalized spacial score (nSPS) is 15.7. The fraction of sp³-hybridized carbons (Fsp3) is 0.250. The van der Waals surface area contributed by atoms with E-state index in [1.165, 1.54) is 21.6 Å². The number of thiazole rings is 1. The van der Waals surface area contributed by atoms with Gasteiger partial charge in [-0.3, -0.25) is 4.79 Å². The summed E-state index contributed by atoms with van der Waals surface area (Å²) in [6.07, 6.45) is 3.28. The van der Waals surface area contributed by atoms with Gasteiger partial charge in [-0.2, -0.15) is 0 Å². The maximum absolute atomic E-state index is 13.0. The van der Waals surface area contributed by atoms with Crippen LogP contribution in [0.1, 0.15) is 34.1 Å². The summed E-state index contributed by atoms with van der Waals surface area (Å²) < 4.78 is 6.37. The van der Waals surface area contributed by atoms with E-state index in [-0.39, 0.29) is 5.91 Å². The molecule has 1 aliphatic rings. The fourth-order valence-electron chi connectivity index (χ4n) is 3.96. The standard InChI is InChI=1S/C24H22N2O2S2/c1-14-7-12-17-20(13-14)30-24(26-22(27)15-8-10-16(28-2)11-9-15)21(17)23-25-18-5-3-4-6-19(18)29-23/h3-6,8-11,14H,7,12-13H2,1-2H3,(H,26,27). The van der Waals surface area contributed by atoms with Crippen LogP contribution in [0.15, 0.2) is 48.5 Å². The molecule has 1 amide bonds. The summed E-state index contributed by atoms with van der Waals surface area (Å²) in [5, 5.41) is 5.09. The molecule has 6 heteroatoms. The lowest BCUT2D eigenvalue weighted by atomic mass is 9.88. The van der Waals surface area contributed by atoms with Gasteiger partial charge in [0.1, 0.15) is 15.8 Å². The number of carbonyl (C=O) groups is 1. The number of hydrogen-bond acceptors (Lipinski definition) is 5. The number of nitrogens with one attached hydrogen (secondary N) is 1. The smallest absolute Gasteiger partial charge is 0.256 e. The molecule has 0 fully saturated rings. The quantitative estimate of drug-likeness (QED) is 0.404. The van der Waals surface area contributed by atoms with Crippen molar-refractivity contribution in [1.82, 2.24) is 4.98 Å². The van der Waals surface area contributed by atoms with Gasteiger partial charge in [0.15, 0.2) is 0 Å². The Morgan fingerprint density at radius 2 is 1.93 bits per heavy atom. The van der Waals surface area contributed by atoms with Gasteiger partial charge in [-0.05, 0) is 67.1 Å². The molecule has 4 nitrogen and oxygen atoms in total. The molecular weight excluding hydrogens is 412 g/mol. The van der Waals surface area contributed by atoms with Gasteiger partial charge in [0.25, 0.3) is 5.91 Å². The highest BCUT2D eigenvalue weighted by Crippen LogP contribution is 2.47. The first-order valence-electron chi connectivity index (χ1n) is 10.1. The molecule has 0 aliphatic heterocycles. The van der Waals surface area contributed by atoms with E-state index in [0.717, 1.165) is 39.7 Å². The highest BCUT2D eigenvalue weighted by molar-refractivity contribution is 7.23. The summed E-state index contributed by atoms with van der Waals surface area (Å²) in [5.41, 5.74) is 4.10. The number of hydrogen-bond donors (Lipinski definition) is 1. The summed E-state index contributed by atoms with van der Waals surface area (Å²) in [7, 11) is 1.62. The average molecular weight is 435 g/mol. The Bertz CT molecular complexity index is 1190. The maximum Gasteiger partial charge on any atom is 0.256 e. The van der Waals surface area contributed by atoms with Crippen LogP contribution in [-0.2, 0) is 12.8 Å². The van der Waals surface area contributed by atoms with E-state index < -0.39 is 0 Å². The number of methoxy groups -OCH3 is 1. The summed E-state index contributed by atoms with van der Waals surface area (Å²) in [6.45, 7) is 2.30. The monoisotopic (exact) mass is 434 g/mol. The predicted molar refractivity (Wildman–Crippen MR) is 125 cm³/mol. The zero-order valence-electron chi connectivity index (χ0n) is 16.9. The lowest BCUT2D eigenvalue weighted by Crippen LogP contribution is -2.11. The van der Waals surface area contributed by atoms with E-state index >= 15 is 0 Å². The average Bonchev–Trinajstić information content (AvgIpc) is 3.33. The molecule has 2 aromatic carbocycles. The Balaban J connectivity index is 1.56. The van der Waals surface area contributed by atoms with E-state index in [0.29, 0.717) is 11.5 Å². The highest BCUT2D eigenvalue weighted by atomic mass is 32.1. The van der Waals surface area contributed by atoms with Gasteiger partial charge < -0.3 is 10.1 Å². The number of aromatic nitrogens is 1. The first-order chi connectivity index (χ1) is 14.6. The number of carbonyl (C=O) groups excluding carboxylic acids is 1. The van der Waals surface area contributed by atoms with E-state index in [1.807, 2.05) is 30.3 Å². The molecule has 152 valence electrons. The van der Waals surface area contributed by atoms with Crippen LogP contribution in [0.4, 0.5) is 5.00 Å². The topological polar surface area (TPSA) is 51.2 Å². The number of fused-ring (bicyclic) bond motifs is 2. The van der Waals surface area contributed by atoms with E-state index in [1.54, 1.807) is 41.9 Å². The number of thiophene rings is 1. The molecule has 5 rings (SSSR count). The minimum atomic E-state index is -0.105. The van der Waals surface area contributed by atoms with Crippen molar-refractivity contribution in [2.24, 2.45) is 5.92 Å². The molecule has 0 spiro atoms. The van der Waals surface area contributed by atoms with Crippen molar-refractivity contribution < 1.29 is 9.53 Å². The zero-order chi connectivity index (χ0) is 20.7. The maximum atomic E-state index is 13.0. The number of ether oxygens (including phenoxy) is 1. The van der Waals surface area contributed by atoms with E-state index in [2.05, 4.69) is 18.3 Å². The van der Waals surface area contributed by atoms with Gasteiger partial charge in [0.2, 0.25) is 0 Å². The second-order valence-electron chi connectivity index (χ2n) is 7.73. The van der Waals surface area contributed by atoms with Crippen LogP contribution < -0.4 is 10.1 Å². The van der Waals surface area contributed by atoms with Crippen LogP contribution in [0.3, 0.4) is 0 Å². The molecule has 0 saturated carbocycles. The molecule has 0 saturated heterocycles. The van der Waals surface area contributed by atoms with Crippen LogP contribution >= 0.6 is 22.7 Å². The fourth-order valence-corrected chi connectivity index (χ4v) is 6.48. The second kappa shape index (κ2) is 7.85. The van der Waals surface area contributed by atoms with Gasteiger partial charge in [-0.25, -0.2) is 4.98 Å². The second-order valence-corrected chi connectivity index (χ2v) is 9.86. The van der Waals surface area contributed by atoms with Gasteiger partial charge in [0.05, 0.1) is 17.3 Å². The molecule has 2 aromatic heterocycles. The van der Waals surface area contributed by atoms with Gasteiger partial charge >= 0.3 is 0 Å². The van der Waals surface area contributed by atoms with Crippen LogP contribution in [-0.4, -0.2) is 18.0 Å². The Morgan fingerprint density at radius 3 is 2.70 bits per heavy atom. The molecule has 0 bridgehead atoms. The molecule has 30 heavy (non-hydrogen) atoms. The van der Waals surface area contributed by atoms with Crippen molar-refractivity contribution in [3.63, 3.8) is 0 Å². The van der Waals surface area contributed by atoms with Crippen molar-refractivity contribution >= 4 is 43.8 Å². The van der Waals surface area contributed by atoms with Crippen molar-refractivity contribution in [3.8, 4) is 16.3 Å². The van der Waals surface area contributed by atoms with Crippen LogP contribution in [0.2, 0.25) is 0 Å². The molecule has 1 aliphatic carbocycles. The third-order valence-electron chi connectivity index (χ3n) is 5.60. The summed E-state index contributed by atoms with van der Waals surface area (Å²) >= 11 is 3.41. The Labute approximate surface area is 183 Å². The van der Waals surface area contributed by atoms with E-state index in [4.69, 9.17) is 9.72 Å². The molecule has 1 unspecified atom stereocenters. The minimum absolute atomic E-state index is 0.105. The molecule has 1 N–H and O–H groups in total. The molecular formula is C24H22N2O2S2. The zero-order valence-corrected chi connectivity index (χ0v) is 18.5. The summed E-state index contributed by atoms with van der Waals surface area (Å²) in [4.78, 5) is 19.3. The lowest BCUT2D eigenvalue weighted by Gasteiger charge is -2.18. The molecule has 4 aromatic rings. The number of anilines is 1. The predicted octanol–water partition coefficient (Wildman–Crippen LogP) is 6.41. The Morgan fingerprint density at radius 1 is 1.13 bits per heavy atom. The van der Waals surface area contributed by atoms with Crippen molar-refractivity contribution in [2.75, 3.05) is 12.4 Å². The third kappa shape index (κ3) is 3.50. The number of rotatable bonds is 4. The van der Waals surface area contributed by atoms with E-state index in [9.17, 15) is 4.79 Å². The Kier molecular flexibility index (Phi) is 5.05. The van der Waals surface area contributed by atoms with Gasteiger partial charge in [-0.15, -0.1) is 22.7 Å². The Hall–Kier alpha value is -2.70. The van der Waals surface area contributed by atoms with Gasteiger partial charge in [-0.1, -0.05) is 19.1 Å².